The summed E-state index contributed by atoms with van der Waals surface area (Å²) in [7, 11) is -2.70. The van der Waals surface area contributed by atoms with Gasteiger partial charge in [0.2, 0.25) is 5.91 Å². The molecule has 0 saturated heterocycles. The SMILES string of the molecule is COc1ccc(Cl)cc1NC(=O)CN(c1ccc(C(C)C)cc1)S(=O)(=O)c1c(C)noc1C. The fourth-order valence-electron chi connectivity index (χ4n) is 3.39. The van der Waals surface area contributed by atoms with Gasteiger partial charge in [0.1, 0.15) is 18.0 Å². The second-order valence-electron chi connectivity index (χ2n) is 7.80. The molecule has 176 valence electrons. The van der Waals surface area contributed by atoms with E-state index in [1.54, 1.807) is 31.2 Å². The van der Waals surface area contributed by atoms with Gasteiger partial charge in [-0.1, -0.05) is 42.7 Å². The van der Waals surface area contributed by atoms with Crippen LogP contribution in [0.1, 0.15) is 36.8 Å². The third-order valence-electron chi connectivity index (χ3n) is 5.09. The predicted octanol–water partition coefficient (Wildman–Crippen LogP) is 4.91. The topological polar surface area (TPSA) is 102 Å². The monoisotopic (exact) mass is 491 g/mol. The highest BCUT2D eigenvalue weighted by atomic mass is 35.5. The number of ether oxygens (including phenoxy) is 1. The van der Waals surface area contributed by atoms with E-state index in [9.17, 15) is 13.2 Å². The highest BCUT2D eigenvalue weighted by Crippen LogP contribution is 2.31. The molecule has 10 heteroatoms. The van der Waals surface area contributed by atoms with Gasteiger partial charge in [-0.2, -0.15) is 0 Å². The number of nitrogens with zero attached hydrogens (tertiary/aromatic N) is 2. The second kappa shape index (κ2) is 9.84. The van der Waals surface area contributed by atoms with E-state index in [0.717, 1.165) is 9.87 Å². The van der Waals surface area contributed by atoms with Gasteiger partial charge in [0.05, 0.1) is 18.5 Å². The molecule has 1 aromatic heterocycles. The van der Waals surface area contributed by atoms with Gasteiger partial charge in [0, 0.05) is 5.02 Å². The summed E-state index contributed by atoms with van der Waals surface area (Å²) in [6, 6.07) is 11.8. The standard InChI is InChI=1S/C23H26ClN3O5S/c1-14(2)17-6-9-19(10-7-17)27(33(29,30)23-15(3)26-32-16(23)4)13-22(28)25-20-12-18(24)8-11-21(20)31-5/h6-12,14H,13H2,1-5H3,(H,25,28). The molecule has 0 radical (unpaired) electrons. The molecule has 0 aliphatic rings. The van der Waals surface area contributed by atoms with Crippen molar-refractivity contribution in [2.24, 2.45) is 0 Å². The number of aryl methyl sites for hydroxylation is 2. The molecule has 2 aromatic carbocycles. The molecule has 0 aliphatic carbocycles. The Kier molecular flexibility index (Phi) is 7.34. The molecule has 1 heterocycles. The van der Waals surface area contributed by atoms with Crippen LogP contribution in [0.25, 0.3) is 0 Å². The highest BCUT2D eigenvalue weighted by Gasteiger charge is 2.33. The van der Waals surface area contributed by atoms with Crippen LogP contribution < -0.4 is 14.4 Å². The number of rotatable bonds is 8. The lowest BCUT2D eigenvalue weighted by Gasteiger charge is -2.24. The summed E-state index contributed by atoms with van der Waals surface area (Å²) in [6.07, 6.45) is 0. The Morgan fingerprint density at radius 2 is 1.85 bits per heavy atom. The Labute approximate surface area is 198 Å². The van der Waals surface area contributed by atoms with Gasteiger partial charge in [-0.15, -0.1) is 0 Å². The smallest absolute Gasteiger partial charge is 0.270 e. The lowest BCUT2D eigenvalue weighted by molar-refractivity contribution is -0.114. The molecule has 1 N–H and O–H groups in total. The van der Waals surface area contributed by atoms with E-state index in [0.29, 0.717) is 22.1 Å². The second-order valence-corrected chi connectivity index (χ2v) is 10.0. The average Bonchev–Trinajstić information content (AvgIpc) is 3.11. The lowest BCUT2D eigenvalue weighted by Crippen LogP contribution is -2.38. The van der Waals surface area contributed by atoms with Crippen molar-refractivity contribution in [3.8, 4) is 5.75 Å². The van der Waals surface area contributed by atoms with Crippen LogP contribution in [0, 0.1) is 13.8 Å². The number of halogens is 1. The summed E-state index contributed by atoms with van der Waals surface area (Å²) in [5, 5.41) is 6.85. The predicted molar refractivity (Wildman–Crippen MR) is 128 cm³/mol. The molecule has 0 bridgehead atoms. The molecule has 0 saturated carbocycles. The third-order valence-corrected chi connectivity index (χ3v) is 7.34. The molecule has 0 unspecified atom stereocenters. The van der Waals surface area contributed by atoms with E-state index in [4.69, 9.17) is 20.9 Å². The molecule has 3 rings (SSSR count). The first-order valence-electron chi connectivity index (χ1n) is 10.2. The van der Waals surface area contributed by atoms with E-state index in [1.165, 1.54) is 20.1 Å². The van der Waals surface area contributed by atoms with Crippen LogP contribution in [-0.2, 0) is 14.8 Å². The molecule has 0 atom stereocenters. The zero-order chi connectivity index (χ0) is 24.3. The third kappa shape index (κ3) is 5.31. The number of sulfonamides is 1. The molecular weight excluding hydrogens is 466 g/mol. The van der Waals surface area contributed by atoms with Gasteiger partial charge < -0.3 is 14.6 Å². The number of methoxy groups -OCH3 is 1. The van der Waals surface area contributed by atoms with Crippen molar-refractivity contribution in [2.45, 2.75) is 38.5 Å². The Morgan fingerprint density at radius 1 is 1.18 bits per heavy atom. The molecular formula is C23H26ClN3O5S. The number of hydrogen-bond donors (Lipinski definition) is 1. The Balaban J connectivity index is 2.00. The number of amides is 1. The van der Waals surface area contributed by atoms with Crippen LogP contribution in [0.4, 0.5) is 11.4 Å². The summed E-state index contributed by atoms with van der Waals surface area (Å²) in [4.78, 5) is 12.9. The van der Waals surface area contributed by atoms with Gasteiger partial charge in [0.25, 0.3) is 10.0 Å². The Bertz CT molecular complexity index is 1230. The zero-order valence-electron chi connectivity index (χ0n) is 19.0. The van der Waals surface area contributed by atoms with Crippen molar-refractivity contribution in [1.29, 1.82) is 0 Å². The number of anilines is 2. The number of aromatic nitrogens is 1. The molecule has 1 amide bonds. The first-order valence-corrected chi connectivity index (χ1v) is 12.1. The van der Waals surface area contributed by atoms with E-state index in [-0.39, 0.29) is 22.3 Å². The highest BCUT2D eigenvalue weighted by molar-refractivity contribution is 7.93. The van der Waals surface area contributed by atoms with E-state index in [2.05, 4.69) is 10.5 Å². The maximum Gasteiger partial charge on any atom is 0.270 e. The summed E-state index contributed by atoms with van der Waals surface area (Å²) < 4.78 is 38.6. The number of nitrogens with one attached hydrogen (secondary N) is 1. The minimum absolute atomic E-state index is 0.0661. The van der Waals surface area contributed by atoms with Crippen LogP contribution >= 0.6 is 11.6 Å². The van der Waals surface area contributed by atoms with Crippen LogP contribution in [0.3, 0.4) is 0 Å². The van der Waals surface area contributed by atoms with Crippen molar-refractivity contribution < 1.29 is 22.5 Å². The summed E-state index contributed by atoms with van der Waals surface area (Å²) in [5.74, 6) is 0.242. The maximum absolute atomic E-state index is 13.6. The Hall–Kier alpha value is -3.04. The fourth-order valence-corrected chi connectivity index (χ4v) is 5.28. The van der Waals surface area contributed by atoms with Gasteiger partial charge in [-0.05, 0) is 55.7 Å². The van der Waals surface area contributed by atoms with Crippen LogP contribution in [0.15, 0.2) is 51.9 Å². The largest absolute Gasteiger partial charge is 0.495 e. The van der Waals surface area contributed by atoms with E-state index in [1.807, 2.05) is 26.0 Å². The molecule has 0 aliphatic heterocycles. The van der Waals surface area contributed by atoms with Crippen molar-refractivity contribution in [1.82, 2.24) is 5.16 Å². The number of carbonyl (C=O) groups excluding carboxylic acids is 1. The molecule has 3 aromatic rings. The molecule has 0 fully saturated rings. The van der Waals surface area contributed by atoms with Crippen molar-refractivity contribution >= 4 is 38.9 Å². The molecule has 33 heavy (non-hydrogen) atoms. The van der Waals surface area contributed by atoms with Crippen LogP contribution in [0.2, 0.25) is 5.02 Å². The number of hydrogen-bond acceptors (Lipinski definition) is 6. The maximum atomic E-state index is 13.6. The Morgan fingerprint density at radius 3 is 2.39 bits per heavy atom. The average molecular weight is 492 g/mol. The lowest BCUT2D eigenvalue weighted by atomic mass is 10.0. The summed E-state index contributed by atoms with van der Waals surface area (Å²) in [5.41, 5.74) is 1.93. The molecule has 8 nitrogen and oxygen atoms in total. The van der Waals surface area contributed by atoms with Crippen LogP contribution in [-0.4, -0.2) is 33.1 Å². The molecule has 0 spiro atoms. The van der Waals surface area contributed by atoms with Gasteiger partial charge in [-0.25, -0.2) is 8.42 Å². The van der Waals surface area contributed by atoms with E-state index >= 15 is 0 Å². The quantitative estimate of drug-likeness (QED) is 0.480. The van der Waals surface area contributed by atoms with E-state index < -0.39 is 22.5 Å². The first kappa shape index (κ1) is 24.6. The normalized spacial score (nSPS) is 11.5. The first-order chi connectivity index (χ1) is 15.5. The van der Waals surface area contributed by atoms with Crippen molar-refractivity contribution in [3.63, 3.8) is 0 Å². The zero-order valence-corrected chi connectivity index (χ0v) is 20.6. The van der Waals surface area contributed by atoms with Gasteiger partial charge >= 0.3 is 0 Å². The summed E-state index contributed by atoms with van der Waals surface area (Å²) in [6.45, 7) is 6.66. The van der Waals surface area contributed by atoms with Gasteiger partial charge in [0.15, 0.2) is 10.7 Å². The van der Waals surface area contributed by atoms with Crippen molar-refractivity contribution in [2.75, 3.05) is 23.3 Å². The summed E-state index contributed by atoms with van der Waals surface area (Å²) >= 11 is 6.04. The fraction of sp³-hybridized carbons (Fsp3) is 0.304. The van der Waals surface area contributed by atoms with Crippen molar-refractivity contribution in [3.05, 3.63) is 64.5 Å². The number of carbonyl (C=O) groups is 1. The minimum atomic E-state index is -4.16. The number of benzene rings is 2. The van der Waals surface area contributed by atoms with Gasteiger partial charge in [-0.3, -0.25) is 9.10 Å². The minimum Gasteiger partial charge on any atom is -0.495 e. The van der Waals surface area contributed by atoms with Crippen LogP contribution in [0.5, 0.6) is 5.75 Å².